The number of carbonyl (C=O) groups excluding carboxylic acids is 1. The number of rotatable bonds is 7. The molecular weight excluding hydrogens is 238 g/mol. The summed E-state index contributed by atoms with van der Waals surface area (Å²) < 4.78 is 10.4. The number of ether oxygens (including phenoxy) is 2. The quantitative estimate of drug-likeness (QED) is 0.602. The molecule has 0 saturated heterocycles. The molecule has 0 aliphatic rings. The standard InChI is InChI=1S/C12H19NO3S/c1-3-4-5-15-6-7-16-12(14)11-8-10(13)9(2)17-11/h8H,3-7,13H2,1-2H3. The normalized spacial score (nSPS) is 10.5. The highest BCUT2D eigenvalue weighted by Gasteiger charge is 2.11. The van der Waals surface area contributed by atoms with Crippen molar-refractivity contribution in [1.29, 1.82) is 0 Å². The molecule has 96 valence electrons. The summed E-state index contributed by atoms with van der Waals surface area (Å²) in [6, 6.07) is 1.65. The van der Waals surface area contributed by atoms with Crippen molar-refractivity contribution in [3.05, 3.63) is 15.8 Å². The van der Waals surface area contributed by atoms with E-state index in [1.807, 2.05) is 6.92 Å². The van der Waals surface area contributed by atoms with Gasteiger partial charge in [0.2, 0.25) is 0 Å². The molecule has 2 N–H and O–H groups in total. The topological polar surface area (TPSA) is 61.5 Å². The second-order valence-electron chi connectivity index (χ2n) is 3.72. The minimum Gasteiger partial charge on any atom is -0.459 e. The molecule has 5 heteroatoms. The third-order valence-electron chi connectivity index (χ3n) is 2.26. The molecule has 1 aromatic rings. The van der Waals surface area contributed by atoms with Crippen molar-refractivity contribution in [2.45, 2.75) is 26.7 Å². The highest BCUT2D eigenvalue weighted by atomic mass is 32.1. The number of carbonyl (C=O) groups is 1. The van der Waals surface area contributed by atoms with E-state index < -0.39 is 0 Å². The average Bonchev–Trinajstić information content (AvgIpc) is 2.64. The number of hydrogen-bond acceptors (Lipinski definition) is 5. The van der Waals surface area contributed by atoms with Crippen LogP contribution in [0.4, 0.5) is 5.69 Å². The van der Waals surface area contributed by atoms with E-state index >= 15 is 0 Å². The van der Waals surface area contributed by atoms with Gasteiger partial charge < -0.3 is 15.2 Å². The monoisotopic (exact) mass is 257 g/mol. The maximum atomic E-state index is 11.6. The minimum atomic E-state index is -0.325. The van der Waals surface area contributed by atoms with Crippen LogP contribution in [0.1, 0.15) is 34.3 Å². The van der Waals surface area contributed by atoms with E-state index in [9.17, 15) is 4.79 Å². The van der Waals surface area contributed by atoms with Crippen LogP contribution in [0.5, 0.6) is 0 Å². The molecular formula is C12H19NO3S. The van der Waals surface area contributed by atoms with E-state index in [1.165, 1.54) is 11.3 Å². The first-order valence-corrected chi connectivity index (χ1v) is 6.57. The molecule has 0 aromatic carbocycles. The van der Waals surface area contributed by atoms with Crippen LogP contribution in [0.15, 0.2) is 6.07 Å². The summed E-state index contributed by atoms with van der Waals surface area (Å²) in [6.45, 7) is 5.45. The lowest BCUT2D eigenvalue weighted by Gasteiger charge is -2.04. The molecule has 0 aliphatic heterocycles. The van der Waals surface area contributed by atoms with Crippen molar-refractivity contribution >= 4 is 23.0 Å². The largest absolute Gasteiger partial charge is 0.459 e. The lowest BCUT2D eigenvalue weighted by Crippen LogP contribution is -2.10. The predicted octanol–water partition coefficient (Wildman–Crippen LogP) is 2.61. The van der Waals surface area contributed by atoms with Gasteiger partial charge in [0.05, 0.1) is 6.61 Å². The third kappa shape index (κ3) is 4.75. The van der Waals surface area contributed by atoms with Crippen LogP contribution in [0.25, 0.3) is 0 Å². The van der Waals surface area contributed by atoms with Crippen LogP contribution in [0.3, 0.4) is 0 Å². The van der Waals surface area contributed by atoms with Crippen molar-refractivity contribution in [2.75, 3.05) is 25.6 Å². The Kier molecular flexibility index (Phi) is 6.00. The SMILES string of the molecule is CCCCOCCOC(=O)c1cc(N)c(C)s1. The first kappa shape index (κ1) is 14.0. The number of aryl methyl sites for hydroxylation is 1. The van der Waals surface area contributed by atoms with Gasteiger partial charge in [-0.05, 0) is 19.4 Å². The van der Waals surface area contributed by atoms with Crippen molar-refractivity contribution in [1.82, 2.24) is 0 Å². The van der Waals surface area contributed by atoms with Gasteiger partial charge in [-0.2, -0.15) is 0 Å². The highest BCUT2D eigenvalue weighted by molar-refractivity contribution is 7.14. The van der Waals surface area contributed by atoms with Crippen LogP contribution >= 0.6 is 11.3 Å². The summed E-state index contributed by atoms with van der Waals surface area (Å²) in [4.78, 5) is 13.1. The molecule has 0 spiro atoms. The number of nitrogens with two attached hydrogens (primary N) is 1. The van der Waals surface area contributed by atoms with Gasteiger partial charge >= 0.3 is 5.97 Å². The molecule has 1 rings (SSSR count). The van der Waals surface area contributed by atoms with Crippen LogP contribution < -0.4 is 5.73 Å². The molecule has 0 fully saturated rings. The number of thiophene rings is 1. The smallest absolute Gasteiger partial charge is 0.348 e. The molecule has 0 radical (unpaired) electrons. The van der Waals surface area contributed by atoms with Crippen LogP contribution in [0, 0.1) is 6.92 Å². The summed E-state index contributed by atoms with van der Waals surface area (Å²) in [5, 5.41) is 0. The molecule has 0 aliphatic carbocycles. The molecule has 1 heterocycles. The maximum absolute atomic E-state index is 11.6. The van der Waals surface area contributed by atoms with Gasteiger partial charge in [-0.25, -0.2) is 4.79 Å². The van der Waals surface area contributed by atoms with E-state index in [0.29, 0.717) is 23.8 Å². The van der Waals surface area contributed by atoms with Crippen molar-refractivity contribution < 1.29 is 14.3 Å². The summed E-state index contributed by atoms with van der Waals surface area (Å²) in [7, 11) is 0. The van der Waals surface area contributed by atoms with Crippen LogP contribution in [-0.4, -0.2) is 25.8 Å². The van der Waals surface area contributed by atoms with Gasteiger partial charge in [0.15, 0.2) is 0 Å². The Hall–Kier alpha value is -1.07. The molecule has 4 nitrogen and oxygen atoms in total. The zero-order valence-corrected chi connectivity index (χ0v) is 11.1. The van der Waals surface area contributed by atoms with Gasteiger partial charge in [-0.3, -0.25) is 0 Å². The Morgan fingerprint density at radius 3 is 2.76 bits per heavy atom. The van der Waals surface area contributed by atoms with Crippen molar-refractivity contribution in [3.8, 4) is 0 Å². The van der Waals surface area contributed by atoms with E-state index in [4.69, 9.17) is 15.2 Å². The Morgan fingerprint density at radius 1 is 1.41 bits per heavy atom. The molecule has 0 bridgehead atoms. The first-order valence-electron chi connectivity index (χ1n) is 5.76. The van der Waals surface area contributed by atoms with Crippen molar-refractivity contribution in [3.63, 3.8) is 0 Å². The zero-order valence-electron chi connectivity index (χ0n) is 10.3. The summed E-state index contributed by atoms with van der Waals surface area (Å²) in [5.41, 5.74) is 6.31. The van der Waals surface area contributed by atoms with E-state index in [-0.39, 0.29) is 5.97 Å². The number of nitrogen functional groups attached to an aromatic ring is 1. The number of hydrogen-bond donors (Lipinski definition) is 1. The second-order valence-corrected chi connectivity index (χ2v) is 4.98. The van der Waals surface area contributed by atoms with Crippen LogP contribution in [-0.2, 0) is 9.47 Å². The predicted molar refractivity (Wildman–Crippen MR) is 69.5 cm³/mol. The third-order valence-corrected chi connectivity index (χ3v) is 3.31. The fourth-order valence-corrected chi connectivity index (χ4v) is 2.04. The fourth-order valence-electron chi connectivity index (χ4n) is 1.21. The maximum Gasteiger partial charge on any atom is 0.348 e. The Morgan fingerprint density at radius 2 is 2.18 bits per heavy atom. The molecule has 17 heavy (non-hydrogen) atoms. The molecule has 0 unspecified atom stereocenters. The average molecular weight is 257 g/mol. The Labute approximate surface area is 106 Å². The van der Waals surface area contributed by atoms with Gasteiger partial charge in [0.25, 0.3) is 0 Å². The molecule has 0 saturated carbocycles. The second kappa shape index (κ2) is 7.29. The first-order chi connectivity index (χ1) is 8.15. The number of unbranched alkanes of at least 4 members (excludes halogenated alkanes) is 1. The fraction of sp³-hybridized carbons (Fsp3) is 0.583. The molecule has 0 amide bonds. The summed E-state index contributed by atoms with van der Waals surface area (Å²) >= 11 is 1.35. The van der Waals surface area contributed by atoms with Gasteiger partial charge in [-0.1, -0.05) is 13.3 Å². The van der Waals surface area contributed by atoms with Gasteiger partial charge in [0.1, 0.15) is 11.5 Å². The highest BCUT2D eigenvalue weighted by Crippen LogP contribution is 2.23. The zero-order chi connectivity index (χ0) is 12.7. The van der Waals surface area contributed by atoms with Gasteiger partial charge in [-0.15, -0.1) is 11.3 Å². The summed E-state index contributed by atoms with van der Waals surface area (Å²) in [5.74, 6) is -0.325. The summed E-state index contributed by atoms with van der Waals surface area (Å²) in [6.07, 6.45) is 2.14. The lowest BCUT2D eigenvalue weighted by molar-refractivity contribution is 0.0318. The van der Waals surface area contributed by atoms with E-state index in [1.54, 1.807) is 6.07 Å². The van der Waals surface area contributed by atoms with E-state index in [2.05, 4.69) is 6.92 Å². The molecule has 1 aromatic heterocycles. The Balaban J connectivity index is 2.21. The van der Waals surface area contributed by atoms with Gasteiger partial charge in [0, 0.05) is 17.2 Å². The number of anilines is 1. The minimum absolute atomic E-state index is 0.291. The molecule has 0 atom stereocenters. The van der Waals surface area contributed by atoms with Crippen molar-refractivity contribution in [2.24, 2.45) is 0 Å². The Bertz CT molecular complexity index is 343. The van der Waals surface area contributed by atoms with E-state index in [0.717, 1.165) is 24.3 Å². The number of esters is 1. The lowest BCUT2D eigenvalue weighted by atomic mass is 10.4. The van der Waals surface area contributed by atoms with Crippen LogP contribution in [0.2, 0.25) is 0 Å².